The number of aryl methyl sites for hydroxylation is 1. The fourth-order valence-corrected chi connectivity index (χ4v) is 2.63. The lowest BCUT2D eigenvalue weighted by molar-refractivity contribution is -0.112. The maximum Gasteiger partial charge on any atom is 0.266 e. The van der Waals surface area contributed by atoms with Crippen molar-refractivity contribution in [1.82, 2.24) is 9.38 Å². The average Bonchev–Trinajstić information content (AvgIpc) is 2.96. The minimum Gasteiger partial charge on any atom is -0.492 e. The normalized spacial score (nSPS) is 11.2. The first-order valence-electron chi connectivity index (χ1n) is 8.22. The molecule has 0 aliphatic rings. The summed E-state index contributed by atoms with van der Waals surface area (Å²) in [6.07, 6.45) is 3.40. The first-order chi connectivity index (χ1) is 12.6. The van der Waals surface area contributed by atoms with Crippen LogP contribution in [0, 0.1) is 18.3 Å². The lowest BCUT2D eigenvalue weighted by Gasteiger charge is -2.10. The molecular weight excluding hydrogens is 328 g/mol. The van der Waals surface area contributed by atoms with Crippen molar-refractivity contribution in [3.05, 3.63) is 65.6 Å². The Morgan fingerprint density at radius 2 is 2.08 bits per heavy atom. The molecule has 0 saturated carbocycles. The lowest BCUT2D eigenvalue weighted by atomic mass is 10.2. The number of nitrogens with zero attached hydrogens (tertiary/aromatic N) is 3. The van der Waals surface area contributed by atoms with Crippen LogP contribution >= 0.6 is 0 Å². The highest BCUT2D eigenvalue weighted by atomic mass is 16.5. The fourth-order valence-electron chi connectivity index (χ4n) is 2.63. The van der Waals surface area contributed by atoms with Crippen LogP contribution in [0.15, 0.2) is 54.2 Å². The molecule has 3 aromatic rings. The van der Waals surface area contributed by atoms with Crippen LogP contribution in [0.3, 0.4) is 0 Å². The SMILES string of the molecule is CCOc1ccccc1NC(=O)C(C#N)=Cc1c(C)nc2ccccn12. The van der Waals surface area contributed by atoms with Gasteiger partial charge in [0.2, 0.25) is 0 Å². The number of carbonyl (C=O) groups excluding carboxylic acids is 1. The van der Waals surface area contributed by atoms with E-state index in [1.807, 2.05) is 54.8 Å². The molecule has 0 fully saturated rings. The van der Waals surface area contributed by atoms with Crippen LogP contribution in [0.5, 0.6) is 5.75 Å². The van der Waals surface area contributed by atoms with Gasteiger partial charge in [-0.2, -0.15) is 5.26 Å². The summed E-state index contributed by atoms with van der Waals surface area (Å²) in [6, 6.07) is 14.7. The molecule has 1 N–H and O–H groups in total. The molecule has 0 atom stereocenters. The van der Waals surface area contributed by atoms with Gasteiger partial charge < -0.3 is 10.1 Å². The number of imidazole rings is 1. The molecule has 3 rings (SSSR count). The molecule has 2 heterocycles. The van der Waals surface area contributed by atoms with Gasteiger partial charge >= 0.3 is 0 Å². The van der Waals surface area contributed by atoms with Crippen LogP contribution in [0.1, 0.15) is 18.3 Å². The van der Waals surface area contributed by atoms with Gasteiger partial charge in [0.1, 0.15) is 23.0 Å². The second-order valence-corrected chi connectivity index (χ2v) is 5.56. The molecule has 26 heavy (non-hydrogen) atoms. The summed E-state index contributed by atoms with van der Waals surface area (Å²) in [4.78, 5) is 17.0. The van der Waals surface area contributed by atoms with Gasteiger partial charge in [-0.05, 0) is 44.2 Å². The number of pyridine rings is 1. The number of hydrogen-bond acceptors (Lipinski definition) is 4. The smallest absolute Gasteiger partial charge is 0.266 e. The van der Waals surface area contributed by atoms with E-state index in [1.165, 1.54) is 0 Å². The van der Waals surface area contributed by atoms with Crippen molar-refractivity contribution < 1.29 is 9.53 Å². The van der Waals surface area contributed by atoms with Gasteiger partial charge in [-0.1, -0.05) is 18.2 Å². The zero-order valence-electron chi connectivity index (χ0n) is 14.6. The number of carbonyl (C=O) groups is 1. The highest BCUT2D eigenvalue weighted by Gasteiger charge is 2.14. The van der Waals surface area contributed by atoms with Crippen LogP contribution in [-0.4, -0.2) is 21.9 Å². The predicted molar refractivity (Wildman–Crippen MR) is 99.8 cm³/mol. The Morgan fingerprint density at radius 3 is 2.85 bits per heavy atom. The number of aromatic nitrogens is 2. The molecule has 6 nitrogen and oxygen atoms in total. The maximum atomic E-state index is 12.6. The molecule has 0 aliphatic heterocycles. The van der Waals surface area contributed by atoms with Crippen LogP contribution in [-0.2, 0) is 4.79 Å². The van der Waals surface area contributed by atoms with E-state index in [0.29, 0.717) is 23.7 Å². The van der Waals surface area contributed by atoms with Gasteiger partial charge in [0, 0.05) is 6.20 Å². The summed E-state index contributed by atoms with van der Waals surface area (Å²) >= 11 is 0. The highest BCUT2D eigenvalue weighted by Crippen LogP contribution is 2.24. The lowest BCUT2D eigenvalue weighted by Crippen LogP contribution is -2.14. The number of nitriles is 1. The number of hydrogen-bond donors (Lipinski definition) is 1. The fraction of sp³-hybridized carbons (Fsp3) is 0.150. The van der Waals surface area contributed by atoms with Gasteiger partial charge in [-0.3, -0.25) is 9.20 Å². The topological polar surface area (TPSA) is 79.4 Å². The number of ether oxygens (including phenoxy) is 1. The molecule has 0 saturated heterocycles. The third kappa shape index (κ3) is 3.42. The standard InChI is InChI=1S/C20H18N4O2/c1-3-26-18-9-5-4-8-16(18)23-20(25)15(13-21)12-17-14(2)22-19-10-6-7-11-24(17)19/h4-12H,3H2,1-2H3,(H,23,25). The predicted octanol–water partition coefficient (Wildman–Crippen LogP) is 3.59. The van der Waals surface area contributed by atoms with E-state index >= 15 is 0 Å². The third-order valence-electron chi connectivity index (χ3n) is 3.83. The molecule has 1 aromatic carbocycles. The van der Waals surface area contributed by atoms with E-state index in [1.54, 1.807) is 24.3 Å². The molecule has 0 unspecified atom stereocenters. The summed E-state index contributed by atoms with van der Waals surface area (Å²) in [6.45, 7) is 4.19. The highest BCUT2D eigenvalue weighted by molar-refractivity contribution is 6.10. The van der Waals surface area contributed by atoms with E-state index in [4.69, 9.17) is 4.74 Å². The Morgan fingerprint density at radius 1 is 1.31 bits per heavy atom. The summed E-state index contributed by atoms with van der Waals surface area (Å²) in [5, 5.41) is 12.2. The summed E-state index contributed by atoms with van der Waals surface area (Å²) < 4.78 is 7.34. The minimum atomic E-state index is -0.495. The molecular formula is C20H18N4O2. The number of anilines is 1. The molecule has 6 heteroatoms. The third-order valence-corrected chi connectivity index (χ3v) is 3.83. The molecule has 2 aromatic heterocycles. The Bertz CT molecular complexity index is 1030. The van der Waals surface area contributed by atoms with E-state index < -0.39 is 5.91 Å². The van der Waals surface area contributed by atoms with Gasteiger partial charge in [0.25, 0.3) is 5.91 Å². The maximum absolute atomic E-state index is 12.6. The van der Waals surface area contributed by atoms with E-state index in [0.717, 1.165) is 11.3 Å². The van der Waals surface area contributed by atoms with Crippen molar-refractivity contribution in [2.24, 2.45) is 0 Å². The largest absolute Gasteiger partial charge is 0.492 e. The summed E-state index contributed by atoms with van der Waals surface area (Å²) in [5.74, 6) is 0.0663. The Labute approximate surface area is 151 Å². The molecule has 0 spiro atoms. The van der Waals surface area contributed by atoms with Crippen LogP contribution in [0.4, 0.5) is 5.69 Å². The Balaban J connectivity index is 1.94. The Kier molecular flexibility index (Phi) is 4.99. The van der Waals surface area contributed by atoms with Gasteiger partial charge in [0.05, 0.1) is 23.7 Å². The first-order valence-corrected chi connectivity index (χ1v) is 8.22. The second kappa shape index (κ2) is 7.53. The van der Waals surface area contributed by atoms with E-state index in [9.17, 15) is 10.1 Å². The minimum absolute atomic E-state index is 0.00921. The molecule has 0 bridgehead atoms. The van der Waals surface area contributed by atoms with E-state index in [-0.39, 0.29) is 5.57 Å². The molecule has 0 radical (unpaired) electrons. The monoisotopic (exact) mass is 346 g/mol. The van der Waals surface area contributed by atoms with Crippen LogP contribution in [0.2, 0.25) is 0 Å². The number of amides is 1. The van der Waals surface area contributed by atoms with Crippen LogP contribution < -0.4 is 10.1 Å². The van der Waals surface area contributed by atoms with Gasteiger partial charge in [-0.25, -0.2) is 4.98 Å². The van der Waals surface area contributed by atoms with Gasteiger partial charge in [0.15, 0.2) is 0 Å². The quantitative estimate of drug-likeness (QED) is 0.565. The molecule has 130 valence electrons. The van der Waals surface area contributed by atoms with Crippen molar-refractivity contribution in [3.63, 3.8) is 0 Å². The molecule has 0 aliphatic carbocycles. The number of para-hydroxylation sites is 2. The van der Waals surface area contributed by atoms with Crippen molar-refractivity contribution in [3.8, 4) is 11.8 Å². The van der Waals surface area contributed by atoms with E-state index in [2.05, 4.69) is 10.3 Å². The first kappa shape index (κ1) is 17.2. The van der Waals surface area contributed by atoms with Crippen molar-refractivity contribution in [1.29, 1.82) is 5.26 Å². The second-order valence-electron chi connectivity index (χ2n) is 5.56. The number of fused-ring (bicyclic) bond motifs is 1. The molecule has 1 amide bonds. The summed E-state index contributed by atoms with van der Waals surface area (Å²) in [7, 11) is 0. The number of benzene rings is 1. The number of nitrogens with one attached hydrogen (secondary N) is 1. The average molecular weight is 346 g/mol. The zero-order chi connectivity index (χ0) is 18.5. The zero-order valence-corrected chi connectivity index (χ0v) is 14.6. The number of rotatable bonds is 5. The van der Waals surface area contributed by atoms with Crippen molar-refractivity contribution in [2.45, 2.75) is 13.8 Å². The van der Waals surface area contributed by atoms with Crippen LogP contribution in [0.25, 0.3) is 11.7 Å². The van der Waals surface area contributed by atoms with Gasteiger partial charge in [-0.15, -0.1) is 0 Å². The summed E-state index contributed by atoms with van der Waals surface area (Å²) in [5.41, 5.74) is 2.72. The van der Waals surface area contributed by atoms with Crippen molar-refractivity contribution in [2.75, 3.05) is 11.9 Å². The Hall–Kier alpha value is -3.59. The van der Waals surface area contributed by atoms with Crippen molar-refractivity contribution >= 4 is 23.3 Å².